The van der Waals surface area contributed by atoms with E-state index in [1.54, 1.807) is 0 Å². The molecule has 0 unspecified atom stereocenters. The summed E-state index contributed by atoms with van der Waals surface area (Å²) in [5, 5.41) is 5.33. The molecular weight excluding hydrogens is 523 g/mol. The molecule has 1 amide bonds. The number of hydrogen-bond acceptors (Lipinski definition) is 5. The van der Waals surface area contributed by atoms with Crippen molar-refractivity contribution in [3.8, 4) is 0 Å². The number of amides is 1. The summed E-state index contributed by atoms with van der Waals surface area (Å²) in [6.45, 7) is 2.66. The first-order chi connectivity index (χ1) is 15.1. The van der Waals surface area contributed by atoms with Crippen LogP contribution in [-0.4, -0.2) is 39.7 Å². The van der Waals surface area contributed by atoms with Crippen molar-refractivity contribution in [2.24, 2.45) is 0 Å². The van der Waals surface area contributed by atoms with Gasteiger partial charge < -0.3 is 4.90 Å². The van der Waals surface area contributed by atoms with E-state index in [-0.39, 0.29) is 11.9 Å². The van der Waals surface area contributed by atoms with E-state index < -0.39 is 0 Å². The lowest BCUT2D eigenvalue weighted by atomic mass is 9.99. The smallest absolute Gasteiger partial charge is 0.283 e. The first-order valence-corrected chi connectivity index (χ1v) is 11.7. The standard InChI is InChI=1S/C22H17IN6OS/c1-13-5-4-9-29-17(13)11-15(26-29)20-19-16(28(23)12-24-19)8-10-27(20)22(30)21-25-14-6-2-3-7-18(14)31-21/h2-7,9,11-12,20H,8,10H2,1H3/t20-/m0/s1. The summed E-state index contributed by atoms with van der Waals surface area (Å²) in [6, 6.07) is 13.6. The van der Waals surface area contributed by atoms with Crippen molar-refractivity contribution in [3.63, 3.8) is 0 Å². The molecule has 0 saturated heterocycles. The van der Waals surface area contributed by atoms with Crippen LogP contribution in [0.15, 0.2) is 55.0 Å². The Morgan fingerprint density at radius 1 is 1.23 bits per heavy atom. The van der Waals surface area contributed by atoms with Gasteiger partial charge in [0.2, 0.25) is 0 Å². The van der Waals surface area contributed by atoms with Gasteiger partial charge in [-0.3, -0.25) is 7.58 Å². The van der Waals surface area contributed by atoms with Gasteiger partial charge in [-0.25, -0.2) is 14.5 Å². The van der Waals surface area contributed by atoms with Crippen molar-refractivity contribution in [2.45, 2.75) is 19.4 Å². The summed E-state index contributed by atoms with van der Waals surface area (Å²) in [5.74, 6) is -0.0753. The summed E-state index contributed by atoms with van der Waals surface area (Å²) in [6.07, 6.45) is 4.49. The molecule has 1 aromatic carbocycles. The first-order valence-electron chi connectivity index (χ1n) is 9.94. The topological polar surface area (TPSA) is 68.3 Å². The normalized spacial score (nSPS) is 16.2. The van der Waals surface area contributed by atoms with Gasteiger partial charge in [0, 0.05) is 19.2 Å². The minimum absolute atomic E-state index is 0.0753. The number of rotatable bonds is 2. The molecule has 7 nitrogen and oxygen atoms in total. The van der Waals surface area contributed by atoms with E-state index in [0.717, 1.165) is 44.8 Å². The fraction of sp³-hybridized carbons (Fsp3) is 0.182. The zero-order valence-electron chi connectivity index (χ0n) is 16.6. The van der Waals surface area contributed by atoms with Crippen molar-refractivity contribution >= 4 is 55.8 Å². The molecule has 4 aromatic heterocycles. The molecule has 1 aliphatic heterocycles. The fourth-order valence-corrected chi connectivity index (χ4v) is 5.78. The molecule has 9 heteroatoms. The van der Waals surface area contributed by atoms with Crippen molar-refractivity contribution < 1.29 is 4.79 Å². The van der Waals surface area contributed by atoms with Crippen LogP contribution in [0.4, 0.5) is 0 Å². The van der Waals surface area contributed by atoms with E-state index in [1.165, 1.54) is 11.3 Å². The molecule has 0 bridgehead atoms. The van der Waals surface area contributed by atoms with Crippen molar-refractivity contribution in [1.29, 1.82) is 0 Å². The quantitative estimate of drug-likeness (QED) is 0.311. The van der Waals surface area contributed by atoms with Crippen molar-refractivity contribution in [1.82, 2.24) is 27.3 Å². The Bertz CT molecular complexity index is 1430. The van der Waals surface area contributed by atoms with Gasteiger partial charge in [-0.15, -0.1) is 11.3 Å². The maximum absolute atomic E-state index is 13.7. The Kier molecular flexibility index (Phi) is 4.35. The van der Waals surface area contributed by atoms with E-state index in [0.29, 0.717) is 11.6 Å². The number of carbonyl (C=O) groups is 1. The maximum atomic E-state index is 13.7. The predicted molar refractivity (Wildman–Crippen MR) is 128 cm³/mol. The second-order valence-electron chi connectivity index (χ2n) is 7.62. The lowest BCUT2D eigenvalue weighted by Crippen LogP contribution is -2.41. The van der Waals surface area contributed by atoms with Gasteiger partial charge in [-0.2, -0.15) is 5.10 Å². The molecule has 31 heavy (non-hydrogen) atoms. The number of carbonyl (C=O) groups excluding carboxylic acids is 1. The minimum Gasteiger partial charge on any atom is -0.322 e. The number of para-hydroxylation sites is 1. The third-order valence-corrected chi connectivity index (χ3v) is 7.62. The summed E-state index contributed by atoms with van der Waals surface area (Å²) in [5.41, 5.74) is 5.86. The van der Waals surface area contributed by atoms with Gasteiger partial charge in [0.15, 0.2) is 5.01 Å². The number of benzene rings is 1. The van der Waals surface area contributed by atoms with E-state index in [4.69, 9.17) is 5.10 Å². The van der Waals surface area contributed by atoms with Crippen LogP contribution in [0.5, 0.6) is 0 Å². The lowest BCUT2D eigenvalue weighted by Gasteiger charge is -2.33. The Hall–Kier alpha value is -2.79. The van der Waals surface area contributed by atoms with Gasteiger partial charge in [0.1, 0.15) is 12.4 Å². The molecule has 154 valence electrons. The molecule has 0 spiro atoms. The van der Waals surface area contributed by atoms with Gasteiger partial charge in [0.25, 0.3) is 5.91 Å². The predicted octanol–water partition coefficient (Wildman–Crippen LogP) is 4.43. The molecule has 6 rings (SSSR count). The number of aryl methyl sites for hydroxylation is 1. The number of pyridine rings is 1. The third-order valence-electron chi connectivity index (χ3n) is 5.76. The summed E-state index contributed by atoms with van der Waals surface area (Å²) in [4.78, 5) is 24.8. The Morgan fingerprint density at radius 2 is 2.10 bits per heavy atom. The van der Waals surface area contributed by atoms with Crippen LogP contribution in [0.3, 0.4) is 0 Å². The molecular formula is C22H17IN6OS. The summed E-state index contributed by atoms with van der Waals surface area (Å²) >= 11 is 3.68. The third kappa shape index (κ3) is 2.98. The van der Waals surface area contributed by atoms with Crippen LogP contribution in [0.1, 0.15) is 38.5 Å². The number of fused-ring (bicyclic) bond motifs is 3. The molecule has 0 N–H and O–H groups in total. The van der Waals surface area contributed by atoms with E-state index in [9.17, 15) is 4.79 Å². The molecule has 0 saturated carbocycles. The Morgan fingerprint density at radius 3 is 2.94 bits per heavy atom. The zero-order chi connectivity index (χ0) is 21.1. The highest BCUT2D eigenvalue weighted by atomic mass is 127. The largest absolute Gasteiger partial charge is 0.322 e. The molecule has 1 atom stereocenters. The number of nitrogens with zero attached hydrogens (tertiary/aromatic N) is 6. The van der Waals surface area contributed by atoms with Crippen LogP contribution < -0.4 is 0 Å². The number of hydrogen-bond donors (Lipinski definition) is 0. The minimum atomic E-state index is -0.349. The van der Waals surface area contributed by atoms with Crippen LogP contribution >= 0.6 is 34.2 Å². The van der Waals surface area contributed by atoms with Gasteiger partial charge in [0.05, 0.1) is 55.7 Å². The van der Waals surface area contributed by atoms with Gasteiger partial charge in [-0.05, 0) is 36.8 Å². The molecule has 0 radical (unpaired) electrons. The van der Waals surface area contributed by atoms with Crippen molar-refractivity contribution in [2.75, 3.05) is 6.54 Å². The molecule has 0 fully saturated rings. The zero-order valence-corrected chi connectivity index (χ0v) is 19.5. The average molecular weight is 540 g/mol. The SMILES string of the molecule is Cc1cccn2nc([C@H]3c4ncn(I)c4CCN3C(=O)c3nc4ccccc4s3)cc12. The van der Waals surface area contributed by atoms with E-state index >= 15 is 0 Å². The van der Waals surface area contributed by atoms with Crippen molar-refractivity contribution in [3.05, 3.63) is 82.6 Å². The van der Waals surface area contributed by atoms with Crippen LogP contribution in [0.25, 0.3) is 15.7 Å². The number of aromatic nitrogens is 5. The average Bonchev–Trinajstić information content (AvgIpc) is 3.49. The van der Waals surface area contributed by atoms with Crippen LogP contribution in [0, 0.1) is 6.92 Å². The molecule has 1 aliphatic rings. The Balaban J connectivity index is 1.49. The lowest BCUT2D eigenvalue weighted by molar-refractivity contribution is 0.0686. The van der Waals surface area contributed by atoms with E-state index in [1.807, 2.05) is 55.1 Å². The highest BCUT2D eigenvalue weighted by Crippen LogP contribution is 2.37. The summed E-state index contributed by atoms with van der Waals surface area (Å²) in [7, 11) is 0. The Labute approximate surface area is 195 Å². The van der Waals surface area contributed by atoms with Gasteiger partial charge in [-0.1, -0.05) is 18.2 Å². The van der Waals surface area contributed by atoms with Crippen LogP contribution in [-0.2, 0) is 6.42 Å². The highest BCUT2D eigenvalue weighted by Gasteiger charge is 2.38. The second kappa shape index (κ2) is 7.13. The number of halogens is 1. The number of thiazole rings is 1. The van der Waals surface area contributed by atoms with E-state index in [2.05, 4.69) is 51.9 Å². The molecule has 0 aliphatic carbocycles. The first kappa shape index (κ1) is 18.9. The highest BCUT2D eigenvalue weighted by molar-refractivity contribution is 14.1. The molecule has 5 heterocycles. The summed E-state index contributed by atoms with van der Waals surface area (Å²) < 4.78 is 4.90. The monoisotopic (exact) mass is 540 g/mol. The van der Waals surface area contributed by atoms with Crippen LogP contribution in [0.2, 0.25) is 0 Å². The maximum Gasteiger partial charge on any atom is 0.283 e. The number of imidazole rings is 1. The molecule has 5 aromatic rings. The second-order valence-corrected chi connectivity index (χ2v) is 9.69. The van der Waals surface area contributed by atoms with Gasteiger partial charge >= 0.3 is 0 Å². The fourth-order valence-electron chi connectivity index (χ4n) is 4.25.